The van der Waals surface area contributed by atoms with Crippen LogP contribution in [-0.4, -0.2) is 26.2 Å². The molecule has 0 spiro atoms. The van der Waals surface area contributed by atoms with Gasteiger partial charge in [-0.1, -0.05) is 23.7 Å². The van der Waals surface area contributed by atoms with E-state index in [1.54, 1.807) is 0 Å². The molecule has 1 heterocycles. The first-order valence-electron chi connectivity index (χ1n) is 5.68. The number of ether oxygens (including phenoxy) is 1. The Balaban J connectivity index is 0.00000162. The molecule has 5 heteroatoms. The molecule has 1 aromatic carbocycles. The lowest BCUT2D eigenvalue weighted by Crippen LogP contribution is -2.23. The number of carbonyl (C=O) groups excluding carboxylic acids is 1. The molecule has 18 heavy (non-hydrogen) atoms. The first-order valence-corrected chi connectivity index (χ1v) is 6.06. The zero-order chi connectivity index (χ0) is 12.4. The molecule has 3 nitrogen and oxygen atoms in total. The Morgan fingerprint density at radius 1 is 1.44 bits per heavy atom. The summed E-state index contributed by atoms with van der Waals surface area (Å²) in [6, 6.07) is 5.96. The molecule has 0 amide bonds. The van der Waals surface area contributed by atoms with E-state index in [4.69, 9.17) is 16.3 Å². The molecule has 100 valence electrons. The third kappa shape index (κ3) is 2.97. The highest BCUT2D eigenvalue weighted by Gasteiger charge is 2.35. The number of hydrogen-bond acceptors (Lipinski definition) is 3. The average molecular weight is 290 g/mol. The van der Waals surface area contributed by atoms with Gasteiger partial charge in [-0.15, -0.1) is 12.4 Å². The Morgan fingerprint density at radius 2 is 2.17 bits per heavy atom. The quantitative estimate of drug-likeness (QED) is 0.851. The molecular formula is C13H17Cl2NO2. The molecule has 2 unspecified atom stereocenters. The predicted molar refractivity (Wildman–Crippen MR) is 74.6 cm³/mol. The minimum atomic E-state index is -0.170. The van der Waals surface area contributed by atoms with Crippen LogP contribution in [0.4, 0.5) is 0 Å². The first kappa shape index (κ1) is 15.3. The third-order valence-corrected chi connectivity index (χ3v) is 3.60. The number of rotatable bonds is 2. The minimum Gasteiger partial charge on any atom is -0.469 e. The Morgan fingerprint density at radius 3 is 2.78 bits per heavy atom. The number of aryl methyl sites for hydroxylation is 1. The summed E-state index contributed by atoms with van der Waals surface area (Å²) in [7, 11) is 1.43. The van der Waals surface area contributed by atoms with Crippen LogP contribution in [0.25, 0.3) is 0 Å². The molecule has 1 fully saturated rings. The van der Waals surface area contributed by atoms with Gasteiger partial charge >= 0.3 is 5.97 Å². The number of halogens is 2. The van der Waals surface area contributed by atoms with Crippen molar-refractivity contribution in [1.82, 2.24) is 5.32 Å². The molecule has 0 saturated carbocycles. The molecule has 0 bridgehead atoms. The van der Waals surface area contributed by atoms with Gasteiger partial charge in [0.25, 0.3) is 0 Å². The van der Waals surface area contributed by atoms with Gasteiger partial charge in [-0.25, -0.2) is 0 Å². The van der Waals surface area contributed by atoms with Gasteiger partial charge < -0.3 is 10.1 Å². The zero-order valence-corrected chi connectivity index (χ0v) is 12.0. The highest BCUT2D eigenvalue weighted by Crippen LogP contribution is 2.33. The van der Waals surface area contributed by atoms with Crippen LogP contribution < -0.4 is 5.32 Å². The normalized spacial score (nSPS) is 22.4. The van der Waals surface area contributed by atoms with Crippen molar-refractivity contribution >= 4 is 30.0 Å². The second kappa shape index (κ2) is 6.41. The van der Waals surface area contributed by atoms with E-state index >= 15 is 0 Å². The maximum atomic E-state index is 11.7. The number of hydrogen-bond donors (Lipinski definition) is 1. The Hall–Kier alpha value is -0.770. The van der Waals surface area contributed by atoms with E-state index in [-0.39, 0.29) is 30.2 Å². The molecule has 1 N–H and O–H groups in total. The summed E-state index contributed by atoms with van der Waals surface area (Å²) in [4.78, 5) is 11.7. The van der Waals surface area contributed by atoms with Crippen molar-refractivity contribution in [2.45, 2.75) is 12.8 Å². The Bertz CT molecular complexity index is 437. The van der Waals surface area contributed by atoms with Gasteiger partial charge in [0.05, 0.1) is 13.0 Å². The summed E-state index contributed by atoms with van der Waals surface area (Å²) in [5.74, 6) is -0.201. The lowest BCUT2D eigenvalue weighted by molar-refractivity contribution is -0.145. The van der Waals surface area contributed by atoms with Crippen molar-refractivity contribution in [3.8, 4) is 0 Å². The lowest BCUT2D eigenvalue weighted by Gasteiger charge is -2.18. The standard InChI is InChI=1S/C13H16ClNO2.ClH/c1-8-3-4-9(12(14)5-8)10-6-15-7-11(10)13(16)17-2;/h3-5,10-11,15H,6-7H2,1-2H3;1H. The van der Waals surface area contributed by atoms with E-state index in [0.717, 1.165) is 22.7 Å². The number of esters is 1. The minimum absolute atomic E-state index is 0. The molecule has 1 saturated heterocycles. The Kier molecular flexibility index (Phi) is 5.45. The van der Waals surface area contributed by atoms with E-state index in [9.17, 15) is 4.79 Å². The third-order valence-electron chi connectivity index (χ3n) is 3.27. The zero-order valence-electron chi connectivity index (χ0n) is 10.4. The molecule has 0 radical (unpaired) electrons. The molecule has 2 rings (SSSR count). The highest BCUT2D eigenvalue weighted by molar-refractivity contribution is 6.31. The van der Waals surface area contributed by atoms with Gasteiger partial charge in [0.1, 0.15) is 0 Å². The highest BCUT2D eigenvalue weighted by atomic mass is 35.5. The van der Waals surface area contributed by atoms with E-state index in [0.29, 0.717) is 6.54 Å². The summed E-state index contributed by atoms with van der Waals surface area (Å²) in [5, 5.41) is 3.95. The van der Waals surface area contributed by atoms with Gasteiger partial charge in [0, 0.05) is 24.0 Å². The second-order valence-electron chi connectivity index (χ2n) is 4.42. The van der Waals surface area contributed by atoms with Gasteiger partial charge in [0.2, 0.25) is 0 Å². The van der Waals surface area contributed by atoms with Crippen molar-refractivity contribution in [3.63, 3.8) is 0 Å². The fraction of sp³-hybridized carbons (Fsp3) is 0.462. The summed E-state index contributed by atoms with van der Waals surface area (Å²) < 4.78 is 4.83. The van der Waals surface area contributed by atoms with Crippen LogP contribution in [-0.2, 0) is 9.53 Å². The van der Waals surface area contributed by atoms with Crippen molar-refractivity contribution in [3.05, 3.63) is 34.3 Å². The second-order valence-corrected chi connectivity index (χ2v) is 4.83. The maximum absolute atomic E-state index is 11.7. The van der Waals surface area contributed by atoms with E-state index < -0.39 is 0 Å². The smallest absolute Gasteiger partial charge is 0.310 e. The molecule has 1 aliphatic heterocycles. The Labute approximate surface area is 118 Å². The largest absolute Gasteiger partial charge is 0.469 e. The van der Waals surface area contributed by atoms with Gasteiger partial charge in [0.15, 0.2) is 0 Å². The monoisotopic (exact) mass is 289 g/mol. The van der Waals surface area contributed by atoms with Crippen LogP contribution in [0, 0.1) is 12.8 Å². The lowest BCUT2D eigenvalue weighted by atomic mass is 9.88. The van der Waals surface area contributed by atoms with Crippen LogP contribution in [0.5, 0.6) is 0 Å². The molecule has 2 atom stereocenters. The number of benzene rings is 1. The predicted octanol–water partition coefficient (Wildman–Crippen LogP) is 2.55. The van der Waals surface area contributed by atoms with E-state index in [2.05, 4.69) is 5.32 Å². The molecular weight excluding hydrogens is 273 g/mol. The summed E-state index contributed by atoms with van der Waals surface area (Å²) >= 11 is 6.24. The van der Waals surface area contributed by atoms with Crippen LogP contribution in [0.3, 0.4) is 0 Å². The number of carbonyl (C=O) groups is 1. The van der Waals surface area contributed by atoms with Crippen LogP contribution in [0.1, 0.15) is 17.0 Å². The van der Waals surface area contributed by atoms with Gasteiger partial charge in [-0.3, -0.25) is 4.79 Å². The van der Waals surface area contributed by atoms with E-state index in [1.165, 1.54) is 7.11 Å². The summed E-state index contributed by atoms with van der Waals surface area (Å²) in [5.41, 5.74) is 2.15. The van der Waals surface area contributed by atoms with Gasteiger partial charge in [-0.2, -0.15) is 0 Å². The molecule has 0 aromatic heterocycles. The molecule has 1 aliphatic rings. The van der Waals surface area contributed by atoms with E-state index in [1.807, 2.05) is 25.1 Å². The molecule has 0 aliphatic carbocycles. The molecule has 1 aromatic rings. The van der Waals surface area contributed by atoms with Crippen molar-refractivity contribution in [2.24, 2.45) is 5.92 Å². The van der Waals surface area contributed by atoms with Gasteiger partial charge in [-0.05, 0) is 24.1 Å². The number of nitrogens with one attached hydrogen (secondary N) is 1. The van der Waals surface area contributed by atoms with Crippen molar-refractivity contribution in [2.75, 3.05) is 20.2 Å². The fourth-order valence-electron chi connectivity index (χ4n) is 2.34. The topological polar surface area (TPSA) is 38.3 Å². The summed E-state index contributed by atoms with van der Waals surface area (Å²) in [6.45, 7) is 3.42. The van der Waals surface area contributed by atoms with Crippen LogP contribution >= 0.6 is 24.0 Å². The SMILES string of the molecule is COC(=O)C1CNCC1c1ccc(C)cc1Cl.Cl. The number of methoxy groups -OCH3 is 1. The maximum Gasteiger partial charge on any atom is 0.310 e. The fourth-order valence-corrected chi connectivity index (χ4v) is 2.71. The first-order chi connectivity index (χ1) is 8.13. The van der Waals surface area contributed by atoms with Crippen LogP contribution in [0.15, 0.2) is 18.2 Å². The van der Waals surface area contributed by atoms with Crippen molar-refractivity contribution < 1.29 is 9.53 Å². The summed E-state index contributed by atoms with van der Waals surface area (Å²) in [6.07, 6.45) is 0. The van der Waals surface area contributed by atoms with Crippen molar-refractivity contribution in [1.29, 1.82) is 0 Å². The van der Waals surface area contributed by atoms with Crippen LogP contribution in [0.2, 0.25) is 5.02 Å². The average Bonchev–Trinajstić information content (AvgIpc) is 2.77.